The van der Waals surface area contributed by atoms with E-state index in [1.54, 1.807) is 12.1 Å². The van der Waals surface area contributed by atoms with E-state index in [0.29, 0.717) is 31.2 Å². The van der Waals surface area contributed by atoms with Crippen molar-refractivity contribution in [2.45, 2.75) is 119 Å². The van der Waals surface area contributed by atoms with E-state index in [-0.39, 0.29) is 13.0 Å². The van der Waals surface area contributed by atoms with E-state index in [0.717, 1.165) is 30.3 Å². The van der Waals surface area contributed by atoms with Gasteiger partial charge in [0.2, 0.25) is 0 Å². The van der Waals surface area contributed by atoms with E-state index < -0.39 is 18.7 Å². The Bertz CT molecular complexity index is 1170. The molecule has 0 bridgehead atoms. The number of benzene rings is 3. The molecule has 2 saturated heterocycles. The lowest BCUT2D eigenvalue weighted by atomic mass is 10.2. The Morgan fingerprint density at radius 1 is 0.620 bits per heavy atom. The quantitative estimate of drug-likeness (QED) is 0.200. The highest BCUT2D eigenvalue weighted by atomic mass is 19.4. The highest BCUT2D eigenvalue weighted by molar-refractivity contribution is 5.33. The Kier molecular flexibility index (Phi) is 26.6. The number of epoxide rings is 2. The molecule has 50 heavy (non-hydrogen) atoms. The summed E-state index contributed by atoms with van der Waals surface area (Å²) in [7, 11) is 0. The number of alkyl halides is 3. The Hall–Kier alpha value is -3.27. The summed E-state index contributed by atoms with van der Waals surface area (Å²) in [6.45, 7) is 21.6. The van der Waals surface area contributed by atoms with Crippen LogP contribution in [0, 0.1) is 20.8 Å². The van der Waals surface area contributed by atoms with Crippen LogP contribution in [0.1, 0.15) is 90.3 Å². The molecule has 284 valence electrons. The number of rotatable bonds is 11. The first kappa shape index (κ1) is 46.7. The molecule has 3 aromatic carbocycles. The highest BCUT2D eigenvalue weighted by Crippen LogP contribution is 2.23. The van der Waals surface area contributed by atoms with Gasteiger partial charge in [-0.25, -0.2) is 0 Å². The maximum atomic E-state index is 11.9. The molecular formula is C41H63F3O6. The first-order valence-corrected chi connectivity index (χ1v) is 17.9. The second-order valence-electron chi connectivity index (χ2n) is 12.1. The molecule has 3 unspecified atom stereocenters. The molecule has 2 heterocycles. The number of para-hydroxylation sites is 3. The van der Waals surface area contributed by atoms with Gasteiger partial charge < -0.3 is 28.8 Å². The standard InChI is InChI=1S/C12H15F3O2.2C10H12O2.3C3H8/c1-9-4-2-3-5-11(9)17-8-10(16)6-7-12(13,14)15;2*1-8-4-2-3-5-10(8)12-7-9-6-11-9;3*1-3-2/h2-5,10,16H,6-8H2,1H3;2*2-5,9H,6-7H2,1H3;3*3H2,1-2H3. The van der Waals surface area contributed by atoms with Crippen molar-refractivity contribution in [3.8, 4) is 17.2 Å². The van der Waals surface area contributed by atoms with Crippen molar-refractivity contribution in [3.05, 3.63) is 89.5 Å². The van der Waals surface area contributed by atoms with E-state index >= 15 is 0 Å². The number of aryl methyl sites for hydroxylation is 3. The number of halogens is 3. The summed E-state index contributed by atoms with van der Waals surface area (Å²) in [6.07, 6.45) is -2.24. The molecule has 2 aliphatic rings. The smallest absolute Gasteiger partial charge is 0.389 e. The van der Waals surface area contributed by atoms with Crippen LogP contribution in [-0.2, 0) is 9.47 Å². The number of aliphatic hydroxyl groups excluding tert-OH is 1. The molecule has 1 N–H and O–H groups in total. The minimum Gasteiger partial charge on any atom is -0.491 e. The lowest BCUT2D eigenvalue weighted by Gasteiger charge is -2.14. The van der Waals surface area contributed by atoms with E-state index in [1.165, 1.54) is 30.4 Å². The van der Waals surface area contributed by atoms with Gasteiger partial charge in [0.25, 0.3) is 0 Å². The van der Waals surface area contributed by atoms with E-state index in [1.807, 2.05) is 81.4 Å². The molecule has 0 amide bonds. The molecule has 3 atom stereocenters. The third-order valence-corrected chi connectivity index (χ3v) is 6.13. The molecule has 3 aromatic rings. The molecular weight excluding hydrogens is 645 g/mol. The van der Waals surface area contributed by atoms with Gasteiger partial charge >= 0.3 is 6.18 Å². The van der Waals surface area contributed by atoms with Crippen LogP contribution < -0.4 is 14.2 Å². The van der Waals surface area contributed by atoms with Crippen molar-refractivity contribution in [3.63, 3.8) is 0 Å². The summed E-state index contributed by atoms with van der Waals surface area (Å²) in [6, 6.07) is 23.2. The van der Waals surface area contributed by atoms with Crippen LogP contribution in [0.4, 0.5) is 13.2 Å². The van der Waals surface area contributed by atoms with Gasteiger partial charge in [-0.3, -0.25) is 0 Å². The maximum Gasteiger partial charge on any atom is 0.389 e. The van der Waals surface area contributed by atoms with Gasteiger partial charge in [-0.15, -0.1) is 0 Å². The van der Waals surface area contributed by atoms with Crippen molar-refractivity contribution in [2.75, 3.05) is 33.0 Å². The second-order valence-corrected chi connectivity index (χ2v) is 12.1. The topological polar surface area (TPSA) is 73.0 Å². The van der Waals surface area contributed by atoms with Gasteiger partial charge in [0.1, 0.15) is 49.3 Å². The van der Waals surface area contributed by atoms with Gasteiger partial charge in [0.15, 0.2) is 0 Å². The summed E-state index contributed by atoms with van der Waals surface area (Å²) in [5, 5.41) is 9.34. The van der Waals surface area contributed by atoms with Gasteiger partial charge in [-0.2, -0.15) is 13.2 Å². The predicted molar refractivity (Wildman–Crippen MR) is 199 cm³/mol. The zero-order chi connectivity index (χ0) is 37.8. The Morgan fingerprint density at radius 2 is 0.920 bits per heavy atom. The van der Waals surface area contributed by atoms with Crippen molar-refractivity contribution < 1.29 is 42.0 Å². The van der Waals surface area contributed by atoms with E-state index in [9.17, 15) is 18.3 Å². The van der Waals surface area contributed by atoms with Gasteiger partial charge in [-0.05, 0) is 62.1 Å². The Labute approximate surface area is 300 Å². The van der Waals surface area contributed by atoms with Crippen LogP contribution in [0.5, 0.6) is 17.2 Å². The molecule has 0 aromatic heterocycles. The molecule has 2 fully saturated rings. The predicted octanol–water partition coefficient (Wildman–Crippen LogP) is 10.9. The fourth-order valence-corrected chi connectivity index (χ4v) is 3.45. The SMILES string of the molecule is CCC.CCC.CCC.Cc1ccccc1OCC(O)CCC(F)(F)F.Cc1ccccc1OCC1CO1.Cc1ccccc1OCC1CO1. The average Bonchev–Trinajstić information content (AvgIpc) is 4.01. The molecule has 9 heteroatoms. The Morgan fingerprint density at radius 3 is 1.20 bits per heavy atom. The minimum atomic E-state index is -4.23. The molecule has 0 spiro atoms. The number of hydrogen-bond acceptors (Lipinski definition) is 6. The zero-order valence-corrected chi connectivity index (χ0v) is 31.9. The summed E-state index contributed by atoms with van der Waals surface area (Å²) in [5.74, 6) is 2.51. The van der Waals surface area contributed by atoms with Crippen LogP contribution in [0.2, 0.25) is 0 Å². The van der Waals surface area contributed by atoms with Crippen molar-refractivity contribution >= 4 is 0 Å². The second kappa shape index (κ2) is 28.4. The van der Waals surface area contributed by atoms with Crippen LogP contribution >= 0.6 is 0 Å². The first-order chi connectivity index (χ1) is 23.8. The average molecular weight is 709 g/mol. The van der Waals surface area contributed by atoms with Gasteiger partial charge in [0, 0.05) is 6.42 Å². The van der Waals surface area contributed by atoms with Crippen LogP contribution in [0.15, 0.2) is 72.8 Å². The third kappa shape index (κ3) is 26.6. The summed E-state index contributed by atoms with van der Waals surface area (Å²) >= 11 is 0. The largest absolute Gasteiger partial charge is 0.491 e. The normalized spacial score (nSPS) is 15.5. The number of hydrogen-bond donors (Lipinski definition) is 1. The number of ether oxygens (including phenoxy) is 5. The highest BCUT2D eigenvalue weighted by Gasteiger charge is 2.28. The number of aliphatic hydroxyl groups is 1. The lowest BCUT2D eigenvalue weighted by Crippen LogP contribution is -2.21. The molecule has 6 nitrogen and oxygen atoms in total. The molecule has 2 aliphatic heterocycles. The van der Waals surface area contributed by atoms with Crippen molar-refractivity contribution in [1.29, 1.82) is 0 Å². The monoisotopic (exact) mass is 708 g/mol. The van der Waals surface area contributed by atoms with Crippen LogP contribution in [0.25, 0.3) is 0 Å². The first-order valence-electron chi connectivity index (χ1n) is 17.9. The summed E-state index contributed by atoms with van der Waals surface area (Å²) in [5.41, 5.74) is 3.24. The molecule has 5 rings (SSSR count). The van der Waals surface area contributed by atoms with Gasteiger partial charge in [-0.1, -0.05) is 115 Å². The Balaban J connectivity index is 0.000000650. The van der Waals surface area contributed by atoms with Gasteiger partial charge in [0.05, 0.1) is 19.3 Å². The summed E-state index contributed by atoms with van der Waals surface area (Å²) in [4.78, 5) is 0. The van der Waals surface area contributed by atoms with Crippen LogP contribution in [0.3, 0.4) is 0 Å². The zero-order valence-electron chi connectivity index (χ0n) is 31.9. The van der Waals surface area contributed by atoms with E-state index in [4.69, 9.17) is 23.7 Å². The lowest BCUT2D eigenvalue weighted by molar-refractivity contribution is -0.140. The molecule has 0 saturated carbocycles. The van der Waals surface area contributed by atoms with E-state index in [2.05, 4.69) is 41.5 Å². The van der Waals surface area contributed by atoms with Crippen molar-refractivity contribution in [2.24, 2.45) is 0 Å². The maximum absolute atomic E-state index is 11.9. The minimum absolute atomic E-state index is 0.124. The fraction of sp³-hybridized carbons (Fsp3) is 0.561. The fourth-order valence-electron chi connectivity index (χ4n) is 3.45. The third-order valence-electron chi connectivity index (χ3n) is 6.13. The molecule has 0 radical (unpaired) electrons. The van der Waals surface area contributed by atoms with Crippen molar-refractivity contribution in [1.82, 2.24) is 0 Å². The summed E-state index contributed by atoms with van der Waals surface area (Å²) < 4.78 is 62.1. The molecule has 0 aliphatic carbocycles. The van der Waals surface area contributed by atoms with Crippen LogP contribution in [-0.4, -0.2) is 62.6 Å².